The van der Waals surface area contributed by atoms with Crippen molar-refractivity contribution in [3.8, 4) is 0 Å². The Morgan fingerprint density at radius 1 is 1.07 bits per heavy atom. The Hall–Kier alpha value is -0.570. The summed E-state index contributed by atoms with van der Waals surface area (Å²) in [6, 6.07) is 2.77. The van der Waals surface area contributed by atoms with Crippen LogP contribution in [0, 0.1) is 6.92 Å². The van der Waals surface area contributed by atoms with Gasteiger partial charge in [0.1, 0.15) is 0 Å². The van der Waals surface area contributed by atoms with Crippen molar-refractivity contribution in [1.29, 1.82) is 0 Å². The van der Waals surface area contributed by atoms with Crippen molar-refractivity contribution < 1.29 is 9.59 Å². The van der Waals surface area contributed by atoms with Crippen LogP contribution in [0.2, 0.25) is 5.02 Å². The van der Waals surface area contributed by atoms with Crippen LogP contribution in [0.15, 0.2) is 12.1 Å². The topological polar surface area (TPSA) is 34.1 Å². The van der Waals surface area contributed by atoms with Crippen LogP contribution in [0.1, 0.15) is 26.3 Å². The highest BCUT2D eigenvalue weighted by Gasteiger charge is 2.13. The van der Waals surface area contributed by atoms with Gasteiger partial charge in [0.2, 0.25) is 0 Å². The highest BCUT2D eigenvalue weighted by molar-refractivity contribution is 6.69. The minimum atomic E-state index is -0.660. The molecule has 0 N–H and O–H groups in total. The summed E-state index contributed by atoms with van der Waals surface area (Å²) in [5.74, 6) is 0. The second-order valence-corrected chi connectivity index (χ2v) is 3.79. The minimum absolute atomic E-state index is 0.125. The van der Waals surface area contributed by atoms with Gasteiger partial charge in [-0.1, -0.05) is 11.6 Å². The second-order valence-electron chi connectivity index (χ2n) is 2.69. The average Bonchev–Trinajstić information content (AvgIpc) is 2.07. The number of hydrogen-bond donors (Lipinski definition) is 0. The van der Waals surface area contributed by atoms with Crippen molar-refractivity contribution in [2.45, 2.75) is 6.92 Å². The SMILES string of the molecule is Cc1cc(C(=O)Cl)c(Cl)cc1C(=O)Cl. The van der Waals surface area contributed by atoms with E-state index in [1.165, 1.54) is 12.1 Å². The molecule has 0 fully saturated rings. The molecule has 0 aliphatic carbocycles. The summed E-state index contributed by atoms with van der Waals surface area (Å²) >= 11 is 16.3. The lowest BCUT2D eigenvalue weighted by atomic mass is 10.1. The molecular formula is C9H5Cl3O2. The van der Waals surface area contributed by atoms with E-state index in [0.717, 1.165) is 0 Å². The van der Waals surface area contributed by atoms with E-state index in [4.69, 9.17) is 34.8 Å². The Balaban J connectivity index is 3.38. The maximum Gasteiger partial charge on any atom is 0.253 e. The van der Waals surface area contributed by atoms with Crippen molar-refractivity contribution in [1.82, 2.24) is 0 Å². The molecule has 0 amide bonds. The van der Waals surface area contributed by atoms with Crippen LogP contribution >= 0.6 is 34.8 Å². The number of carbonyl (C=O) groups excluding carboxylic acids is 2. The molecule has 0 bridgehead atoms. The van der Waals surface area contributed by atoms with Gasteiger partial charge < -0.3 is 0 Å². The monoisotopic (exact) mass is 250 g/mol. The maximum absolute atomic E-state index is 10.9. The van der Waals surface area contributed by atoms with Crippen molar-refractivity contribution in [3.05, 3.63) is 33.8 Å². The van der Waals surface area contributed by atoms with Gasteiger partial charge in [0.05, 0.1) is 10.6 Å². The van der Waals surface area contributed by atoms with Gasteiger partial charge in [-0.2, -0.15) is 0 Å². The number of aryl methyl sites for hydroxylation is 1. The van der Waals surface area contributed by atoms with Gasteiger partial charge in [0, 0.05) is 5.56 Å². The van der Waals surface area contributed by atoms with Crippen LogP contribution in [-0.4, -0.2) is 10.5 Å². The summed E-state index contributed by atoms with van der Waals surface area (Å²) in [7, 11) is 0. The molecule has 0 radical (unpaired) electrons. The average molecular weight is 251 g/mol. The smallest absolute Gasteiger partial charge is 0.253 e. The molecule has 0 aliphatic heterocycles. The molecule has 0 saturated heterocycles. The van der Waals surface area contributed by atoms with Crippen molar-refractivity contribution in [2.24, 2.45) is 0 Å². The lowest BCUT2D eigenvalue weighted by molar-refractivity contribution is 0.107. The Labute approximate surface area is 95.8 Å². The van der Waals surface area contributed by atoms with E-state index in [0.29, 0.717) is 5.56 Å². The van der Waals surface area contributed by atoms with Crippen LogP contribution in [0.5, 0.6) is 0 Å². The van der Waals surface area contributed by atoms with Crippen molar-refractivity contribution >= 4 is 45.3 Å². The predicted octanol–water partition coefficient (Wildman–Crippen LogP) is 3.41. The molecule has 1 aromatic carbocycles. The predicted molar refractivity (Wildman–Crippen MR) is 56.6 cm³/mol. The largest absolute Gasteiger partial charge is 0.276 e. The molecule has 0 unspecified atom stereocenters. The van der Waals surface area contributed by atoms with E-state index in [-0.39, 0.29) is 16.1 Å². The zero-order valence-corrected chi connectivity index (χ0v) is 9.37. The second kappa shape index (κ2) is 4.30. The van der Waals surface area contributed by atoms with Crippen LogP contribution in [0.3, 0.4) is 0 Å². The van der Waals surface area contributed by atoms with Crippen LogP contribution in [-0.2, 0) is 0 Å². The number of hydrogen-bond acceptors (Lipinski definition) is 2. The van der Waals surface area contributed by atoms with E-state index in [1.807, 2.05) is 0 Å². The summed E-state index contributed by atoms with van der Waals surface area (Å²) in [6.07, 6.45) is 0. The molecule has 1 aromatic rings. The standard InChI is InChI=1S/C9H5Cl3O2/c1-4-2-6(9(12)14)7(10)3-5(4)8(11)13/h2-3H,1H3. The van der Waals surface area contributed by atoms with Crippen molar-refractivity contribution in [2.75, 3.05) is 0 Å². The minimum Gasteiger partial charge on any atom is -0.276 e. The third-order valence-electron chi connectivity index (χ3n) is 1.74. The summed E-state index contributed by atoms with van der Waals surface area (Å²) < 4.78 is 0. The fourth-order valence-electron chi connectivity index (χ4n) is 1.04. The quantitative estimate of drug-likeness (QED) is 0.755. The summed E-state index contributed by atoms with van der Waals surface area (Å²) in [4.78, 5) is 21.8. The third-order valence-corrected chi connectivity index (χ3v) is 2.46. The molecule has 0 saturated carbocycles. The lowest BCUT2D eigenvalue weighted by Crippen LogP contribution is -1.98. The van der Waals surface area contributed by atoms with Gasteiger partial charge in [-0.15, -0.1) is 0 Å². The Bertz CT molecular complexity index is 373. The van der Waals surface area contributed by atoms with Crippen molar-refractivity contribution in [3.63, 3.8) is 0 Å². The van der Waals surface area contributed by atoms with Gasteiger partial charge >= 0.3 is 0 Å². The van der Waals surface area contributed by atoms with E-state index in [2.05, 4.69) is 0 Å². The van der Waals surface area contributed by atoms with Gasteiger partial charge in [-0.05, 0) is 47.8 Å². The van der Waals surface area contributed by atoms with Crippen LogP contribution in [0.4, 0.5) is 0 Å². The number of benzene rings is 1. The first-order valence-electron chi connectivity index (χ1n) is 3.63. The molecule has 1 rings (SSSR count). The fourth-order valence-corrected chi connectivity index (χ4v) is 1.70. The Morgan fingerprint density at radius 2 is 1.57 bits per heavy atom. The number of carbonyl (C=O) groups is 2. The number of halogens is 3. The molecule has 14 heavy (non-hydrogen) atoms. The molecule has 0 aromatic heterocycles. The normalized spacial score (nSPS) is 10.0. The molecule has 0 atom stereocenters. The Kier molecular flexibility index (Phi) is 3.53. The Morgan fingerprint density at radius 3 is 2.00 bits per heavy atom. The van der Waals surface area contributed by atoms with E-state index < -0.39 is 10.5 Å². The first-order valence-corrected chi connectivity index (χ1v) is 4.76. The van der Waals surface area contributed by atoms with Gasteiger partial charge in [0.25, 0.3) is 10.5 Å². The number of rotatable bonds is 2. The fraction of sp³-hybridized carbons (Fsp3) is 0.111. The third kappa shape index (κ3) is 2.27. The summed E-state index contributed by atoms with van der Waals surface area (Å²) in [5.41, 5.74) is 1.02. The first-order chi connectivity index (χ1) is 6.43. The summed E-state index contributed by atoms with van der Waals surface area (Å²) in [5, 5.41) is -1.15. The van der Waals surface area contributed by atoms with Gasteiger partial charge in [-0.3, -0.25) is 9.59 Å². The molecule has 0 heterocycles. The molecule has 0 spiro atoms. The van der Waals surface area contributed by atoms with E-state index >= 15 is 0 Å². The molecular weight excluding hydrogens is 246 g/mol. The maximum atomic E-state index is 10.9. The molecule has 2 nitrogen and oxygen atoms in total. The molecule has 5 heteroatoms. The van der Waals surface area contributed by atoms with Gasteiger partial charge in [-0.25, -0.2) is 0 Å². The highest BCUT2D eigenvalue weighted by Crippen LogP contribution is 2.23. The first kappa shape index (κ1) is 11.5. The lowest BCUT2D eigenvalue weighted by Gasteiger charge is -2.04. The summed E-state index contributed by atoms with van der Waals surface area (Å²) in [6.45, 7) is 1.65. The van der Waals surface area contributed by atoms with E-state index in [1.54, 1.807) is 6.92 Å². The molecule has 74 valence electrons. The van der Waals surface area contributed by atoms with Gasteiger partial charge in [0.15, 0.2) is 0 Å². The van der Waals surface area contributed by atoms with Crippen LogP contribution in [0.25, 0.3) is 0 Å². The zero-order valence-electron chi connectivity index (χ0n) is 7.11. The molecule has 0 aliphatic rings. The highest BCUT2D eigenvalue weighted by atomic mass is 35.5. The zero-order chi connectivity index (χ0) is 10.9. The van der Waals surface area contributed by atoms with E-state index in [9.17, 15) is 9.59 Å². The van der Waals surface area contributed by atoms with Crippen LogP contribution < -0.4 is 0 Å².